The van der Waals surface area contributed by atoms with E-state index in [-0.39, 0.29) is 0 Å². The maximum atomic E-state index is 10.6. The van der Waals surface area contributed by atoms with Crippen molar-refractivity contribution in [3.63, 3.8) is 0 Å². The first-order valence-electron chi connectivity index (χ1n) is 6.22. The number of ether oxygens (including phenoxy) is 1. The zero-order valence-electron chi connectivity index (χ0n) is 11.6. The topological polar surface area (TPSA) is 29.5 Å². The van der Waals surface area contributed by atoms with E-state index >= 15 is 0 Å². The molecule has 0 aromatic heterocycles. The van der Waals surface area contributed by atoms with E-state index in [0.29, 0.717) is 0 Å². The van der Waals surface area contributed by atoms with Gasteiger partial charge in [-0.15, -0.1) is 0 Å². The summed E-state index contributed by atoms with van der Waals surface area (Å²) >= 11 is 7.02. The molecule has 0 radical (unpaired) electrons. The Morgan fingerprint density at radius 3 is 2.35 bits per heavy atom. The Labute approximate surface area is 136 Å². The van der Waals surface area contributed by atoms with E-state index in [1.54, 1.807) is 7.11 Å². The second-order valence-corrected chi connectivity index (χ2v) is 6.46. The minimum absolute atomic E-state index is 0.698. The lowest BCUT2D eigenvalue weighted by molar-refractivity contribution is 0.219. The Morgan fingerprint density at radius 2 is 1.70 bits per heavy atom. The molecule has 0 spiro atoms. The molecule has 2 aromatic carbocycles. The summed E-state index contributed by atoms with van der Waals surface area (Å²) in [4.78, 5) is 0. The van der Waals surface area contributed by atoms with E-state index < -0.39 is 6.10 Å². The Morgan fingerprint density at radius 1 is 1.00 bits per heavy atom. The summed E-state index contributed by atoms with van der Waals surface area (Å²) < 4.78 is 7.19. The van der Waals surface area contributed by atoms with Gasteiger partial charge < -0.3 is 9.84 Å². The molecule has 1 N–H and O–H groups in total. The van der Waals surface area contributed by atoms with Crippen LogP contribution in [0.3, 0.4) is 0 Å². The van der Waals surface area contributed by atoms with Crippen LogP contribution in [-0.4, -0.2) is 12.2 Å². The van der Waals surface area contributed by atoms with Gasteiger partial charge in [-0.3, -0.25) is 0 Å². The van der Waals surface area contributed by atoms with Crippen LogP contribution in [0.5, 0.6) is 5.75 Å². The highest BCUT2D eigenvalue weighted by Crippen LogP contribution is 2.34. The molecule has 0 aliphatic rings. The van der Waals surface area contributed by atoms with Crippen molar-refractivity contribution in [1.29, 1.82) is 0 Å². The Balaban J connectivity index is 2.46. The number of halogens is 2. The molecule has 2 nitrogen and oxygen atoms in total. The summed E-state index contributed by atoms with van der Waals surface area (Å²) in [5.41, 5.74) is 3.80. The molecule has 0 fully saturated rings. The summed E-state index contributed by atoms with van der Waals surface area (Å²) in [5.74, 6) is 0.781. The van der Waals surface area contributed by atoms with Crippen LogP contribution in [0, 0.1) is 13.8 Å². The van der Waals surface area contributed by atoms with Crippen molar-refractivity contribution >= 4 is 31.9 Å². The monoisotopic (exact) mass is 398 g/mol. The van der Waals surface area contributed by atoms with Crippen LogP contribution in [0.25, 0.3) is 0 Å². The Bertz CT molecular complexity index is 639. The molecule has 2 rings (SSSR count). The molecule has 4 heteroatoms. The molecular weight excluding hydrogens is 384 g/mol. The fourth-order valence-electron chi connectivity index (χ4n) is 2.06. The third kappa shape index (κ3) is 3.08. The molecule has 0 amide bonds. The van der Waals surface area contributed by atoms with Crippen LogP contribution in [0.1, 0.15) is 28.4 Å². The van der Waals surface area contributed by atoms with E-state index in [1.807, 2.05) is 44.2 Å². The lowest BCUT2D eigenvalue weighted by Gasteiger charge is -2.16. The first kappa shape index (κ1) is 15.5. The molecule has 0 aliphatic heterocycles. The third-order valence-corrected chi connectivity index (χ3v) is 4.86. The zero-order valence-corrected chi connectivity index (χ0v) is 14.7. The number of aryl methyl sites for hydroxylation is 2. The van der Waals surface area contributed by atoms with E-state index in [4.69, 9.17) is 4.74 Å². The van der Waals surface area contributed by atoms with Gasteiger partial charge in [-0.05, 0) is 48.7 Å². The Hall–Kier alpha value is -0.840. The highest BCUT2D eigenvalue weighted by molar-refractivity contribution is 9.11. The molecule has 0 saturated heterocycles. The molecule has 0 aliphatic carbocycles. The van der Waals surface area contributed by atoms with Crippen molar-refractivity contribution in [3.8, 4) is 5.75 Å². The van der Waals surface area contributed by atoms with Crippen molar-refractivity contribution in [2.45, 2.75) is 20.0 Å². The fourth-order valence-corrected chi connectivity index (χ4v) is 3.09. The number of rotatable bonds is 3. The summed E-state index contributed by atoms with van der Waals surface area (Å²) in [7, 11) is 1.64. The van der Waals surface area contributed by atoms with Crippen LogP contribution >= 0.6 is 31.9 Å². The van der Waals surface area contributed by atoms with Crippen LogP contribution in [0.4, 0.5) is 0 Å². The molecule has 0 heterocycles. The number of hydrogen-bond donors (Lipinski definition) is 1. The van der Waals surface area contributed by atoms with Crippen molar-refractivity contribution in [3.05, 3.63) is 61.5 Å². The average Bonchev–Trinajstić information content (AvgIpc) is 2.42. The molecule has 20 heavy (non-hydrogen) atoms. The predicted molar refractivity (Wildman–Crippen MR) is 88.4 cm³/mol. The van der Waals surface area contributed by atoms with Gasteiger partial charge in [0.2, 0.25) is 0 Å². The number of hydrogen-bond acceptors (Lipinski definition) is 2. The van der Waals surface area contributed by atoms with Crippen molar-refractivity contribution in [1.82, 2.24) is 0 Å². The highest BCUT2D eigenvalue weighted by Gasteiger charge is 2.16. The maximum Gasteiger partial charge on any atom is 0.122 e. The van der Waals surface area contributed by atoms with Crippen molar-refractivity contribution < 1.29 is 9.84 Å². The first-order chi connectivity index (χ1) is 9.43. The molecule has 0 saturated carbocycles. The maximum absolute atomic E-state index is 10.6. The van der Waals surface area contributed by atoms with Gasteiger partial charge in [0, 0.05) is 14.5 Å². The summed E-state index contributed by atoms with van der Waals surface area (Å²) in [6, 6.07) is 9.68. The summed E-state index contributed by atoms with van der Waals surface area (Å²) in [6.07, 6.45) is -0.698. The largest absolute Gasteiger partial charge is 0.496 e. The fraction of sp³-hybridized carbons (Fsp3) is 0.250. The number of methoxy groups -OCH3 is 1. The predicted octanol–water partition coefficient (Wildman–Crippen LogP) is 4.92. The van der Waals surface area contributed by atoms with Crippen LogP contribution in [0.2, 0.25) is 0 Å². The zero-order chi connectivity index (χ0) is 14.9. The van der Waals surface area contributed by atoms with E-state index in [2.05, 4.69) is 31.9 Å². The highest BCUT2D eigenvalue weighted by atomic mass is 79.9. The molecule has 1 atom stereocenters. The quantitative estimate of drug-likeness (QED) is 0.793. The summed E-state index contributed by atoms with van der Waals surface area (Å²) in [6.45, 7) is 3.99. The van der Waals surface area contributed by atoms with Gasteiger partial charge in [-0.25, -0.2) is 0 Å². The molecule has 106 valence electrons. The van der Waals surface area contributed by atoms with Gasteiger partial charge in [-0.2, -0.15) is 0 Å². The third-order valence-electron chi connectivity index (χ3n) is 3.32. The lowest BCUT2D eigenvalue weighted by atomic mass is 9.99. The minimum atomic E-state index is -0.698. The van der Waals surface area contributed by atoms with Gasteiger partial charge >= 0.3 is 0 Å². The second kappa shape index (κ2) is 6.29. The van der Waals surface area contributed by atoms with Crippen LogP contribution in [0.15, 0.2) is 39.3 Å². The van der Waals surface area contributed by atoms with Crippen LogP contribution < -0.4 is 4.74 Å². The molecular formula is C16H16Br2O2. The SMILES string of the molecule is COc1cc(C(O)c2cc(Br)c(C)cc2Br)ccc1C. The minimum Gasteiger partial charge on any atom is -0.496 e. The van der Waals surface area contributed by atoms with Crippen molar-refractivity contribution in [2.24, 2.45) is 0 Å². The van der Waals surface area contributed by atoms with Gasteiger partial charge in [0.15, 0.2) is 0 Å². The lowest BCUT2D eigenvalue weighted by Crippen LogP contribution is -2.02. The van der Waals surface area contributed by atoms with Crippen LogP contribution in [-0.2, 0) is 0 Å². The van der Waals surface area contributed by atoms with E-state index in [0.717, 1.165) is 36.9 Å². The first-order valence-corrected chi connectivity index (χ1v) is 7.80. The normalized spacial score (nSPS) is 12.3. The van der Waals surface area contributed by atoms with Gasteiger partial charge in [0.1, 0.15) is 11.9 Å². The van der Waals surface area contributed by atoms with Crippen molar-refractivity contribution in [2.75, 3.05) is 7.11 Å². The Kier molecular flexibility index (Phi) is 4.89. The molecule has 1 unspecified atom stereocenters. The standard InChI is InChI=1S/C16H16Br2O2/c1-9-4-5-11(7-15(9)20-3)16(19)12-8-13(17)10(2)6-14(12)18/h4-8,16,19H,1-3H3. The molecule has 0 bridgehead atoms. The number of benzene rings is 2. The van der Waals surface area contributed by atoms with Gasteiger partial charge in [0.05, 0.1) is 7.11 Å². The average molecular weight is 400 g/mol. The van der Waals surface area contributed by atoms with E-state index in [9.17, 15) is 5.11 Å². The number of aliphatic hydroxyl groups is 1. The molecule has 2 aromatic rings. The smallest absolute Gasteiger partial charge is 0.122 e. The van der Waals surface area contributed by atoms with Gasteiger partial charge in [-0.1, -0.05) is 44.0 Å². The second-order valence-electron chi connectivity index (χ2n) is 4.75. The van der Waals surface area contributed by atoms with E-state index in [1.165, 1.54) is 0 Å². The summed E-state index contributed by atoms with van der Waals surface area (Å²) in [5, 5.41) is 10.6. The van der Waals surface area contributed by atoms with Gasteiger partial charge in [0.25, 0.3) is 0 Å². The number of aliphatic hydroxyl groups excluding tert-OH is 1.